The van der Waals surface area contributed by atoms with E-state index >= 15 is 0 Å². The number of nitrogens with one attached hydrogen (secondary N) is 1. The van der Waals surface area contributed by atoms with Gasteiger partial charge in [0, 0.05) is 17.2 Å². The maximum absolute atomic E-state index is 12.5. The van der Waals surface area contributed by atoms with Crippen molar-refractivity contribution in [2.24, 2.45) is 0 Å². The summed E-state index contributed by atoms with van der Waals surface area (Å²) in [4.78, 5) is 24.5. The fraction of sp³-hybridized carbons (Fsp3) is 0.200. The fourth-order valence-corrected chi connectivity index (χ4v) is 2.98. The first-order valence-electron chi connectivity index (χ1n) is 8.14. The Hall–Kier alpha value is -3.48. The Bertz CT molecular complexity index is 934. The lowest BCUT2D eigenvalue weighted by atomic mass is 9.95. The molecule has 0 spiro atoms. The highest BCUT2D eigenvalue weighted by Gasteiger charge is 2.40. The van der Waals surface area contributed by atoms with Gasteiger partial charge in [0.25, 0.3) is 11.7 Å². The number of methoxy groups -OCH3 is 3. The summed E-state index contributed by atoms with van der Waals surface area (Å²) in [6.07, 6.45) is 0. The zero-order chi connectivity index (χ0) is 19.6. The van der Waals surface area contributed by atoms with Gasteiger partial charge in [-0.2, -0.15) is 0 Å². The van der Waals surface area contributed by atoms with Crippen molar-refractivity contribution in [2.75, 3.05) is 21.3 Å². The normalized spacial score (nSPS) is 18.1. The van der Waals surface area contributed by atoms with Crippen molar-refractivity contribution >= 4 is 17.4 Å². The Morgan fingerprint density at radius 2 is 1.67 bits per heavy atom. The number of ketones is 1. The molecule has 1 atom stereocenters. The second-order valence-electron chi connectivity index (χ2n) is 5.84. The number of ether oxygens (including phenoxy) is 3. The first-order valence-corrected chi connectivity index (χ1v) is 8.14. The van der Waals surface area contributed by atoms with Crippen LogP contribution in [0.1, 0.15) is 17.2 Å². The second kappa shape index (κ2) is 7.41. The van der Waals surface area contributed by atoms with Crippen LogP contribution in [0.4, 0.5) is 0 Å². The van der Waals surface area contributed by atoms with Gasteiger partial charge in [-0.15, -0.1) is 0 Å². The van der Waals surface area contributed by atoms with E-state index in [0.717, 1.165) is 0 Å². The van der Waals surface area contributed by atoms with E-state index < -0.39 is 17.7 Å². The molecule has 0 bridgehead atoms. The molecule has 7 nitrogen and oxygen atoms in total. The van der Waals surface area contributed by atoms with Crippen molar-refractivity contribution in [3.63, 3.8) is 0 Å². The van der Waals surface area contributed by atoms with Gasteiger partial charge in [-0.1, -0.05) is 12.1 Å². The zero-order valence-electron chi connectivity index (χ0n) is 15.1. The molecule has 2 aromatic carbocycles. The van der Waals surface area contributed by atoms with Gasteiger partial charge in [-0.25, -0.2) is 0 Å². The van der Waals surface area contributed by atoms with E-state index in [0.29, 0.717) is 28.4 Å². The minimum Gasteiger partial charge on any atom is -0.507 e. The van der Waals surface area contributed by atoms with Crippen LogP contribution in [-0.2, 0) is 9.59 Å². The predicted molar refractivity (Wildman–Crippen MR) is 98.0 cm³/mol. The third-order valence-electron chi connectivity index (χ3n) is 4.36. The van der Waals surface area contributed by atoms with Gasteiger partial charge in [-0.3, -0.25) is 9.59 Å². The van der Waals surface area contributed by atoms with Crippen molar-refractivity contribution in [3.8, 4) is 17.2 Å². The van der Waals surface area contributed by atoms with Gasteiger partial charge in [0.2, 0.25) is 0 Å². The molecule has 1 aliphatic heterocycles. The summed E-state index contributed by atoms with van der Waals surface area (Å²) in [6.45, 7) is 0. The molecular weight excluding hydrogens is 350 g/mol. The Labute approximate surface area is 156 Å². The van der Waals surface area contributed by atoms with E-state index in [1.54, 1.807) is 42.5 Å². The number of carbonyl (C=O) groups excluding carboxylic acids is 2. The van der Waals surface area contributed by atoms with Crippen LogP contribution in [0.5, 0.6) is 17.2 Å². The van der Waals surface area contributed by atoms with Crippen molar-refractivity contribution in [3.05, 3.63) is 59.2 Å². The van der Waals surface area contributed by atoms with E-state index in [9.17, 15) is 14.7 Å². The molecule has 1 saturated heterocycles. The zero-order valence-corrected chi connectivity index (χ0v) is 15.1. The van der Waals surface area contributed by atoms with E-state index in [-0.39, 0.29) is 11.3 Å². The molecule has 2 aromatic rings. The molecule has 27 heavy (non-hydrogen) atoms. The van der Waals surface area contributed by atoms with Crippen LogP contribution in [-0.4, -0.2) is 38.1 Å². The van der Waals surface area contributed by atoms with Gasteiger partial charge in [0.15, 0.2) is 0 Å². The van der Waals surface area contributed by atoms with Crippen molar-refractivity contribution in [1.29, 1.82) is 0 Å². The number of amides is 1. The van der Waals surface area contributed by atoms with Gasteiger partial charge in [0.05, 0.1) is 32.9 Å². The van der Waals surface area contributed by atoms with Crippen LogP contribution >= 0.6 is 0 Å². The molecule has 7 heteroatoms. The number of hydrogen-bond acceptors (Lipinski definition) is 6. The highest BCUT2D eigenvalue weighted by atomic mass is 16.5. The van der Waals surface area contributed by atoms with E-state index in [1.165, 1.54) is 21.3 Å². The van der Waals surface area contributed by atoms with Crippen molar-refractivity contribution in [1.82, 2.24) is 5.32 Å². The number of rotatable bonds is 5. The fourth-order valence-electron chi connectivity index (χ4n) is 2.98. The van der Waals surface area contributed by atoms with Crippen LogP contribution in [0.2, 0.25) is 0 Å². The smallest absolute Gasteiger partial charge is 0.293 e. The Morgan fingerprint density at radius 1 is 0.963 bits per heavy atom. The van der Waals surface area contributed by atoms with Crippen LogP contribution in [0.25, 0.3) is 5.76 Å². The minimum absolute atomic E-state index is 0.0447. The SMILES string of the molecule is COc1cccc(C(O)=C2C(=O)C(=O)N[C@@H]2c2ccc(OC)cc2OC)c1. The van der Waals surface area contributed by atoms with Crippen LogP contribution in [0.3, 0.4) is 0 Å². The quantitative estimate of drug-likeness (QED) is 0.478. The summed E-state index contributed by atoms with van der Waals surface area (Å²) < 4.78 is 15.7. The first-order chi connectivity index (χ1) is 13.0. The average Bonchev–Trinajstić information content (AvgIpc) is 3.01. The minimum atomic E-state index is -0.850. The summed E-state index contributed by atoms with van der Waals surface area (Å²) >= 11 is 0. The Morgan fingerprint density at radius 3 is 2.33 bits per heavy atom. The van der Waals surface area contributed by atoms with Gasteiger partial charge in [0.1, 0.15) is 23.0 Å². The van der Waals surface area contributed by atoms with Crippen LogP contribution in [0, 0.1) is 0 Å². The molecule has 2 N–H and O–H groups in total. The van der Waals surface area contributed by atoms with Gasteiger partial charge in [-0.05, 0) is 24.3 Å². The van der Waals surface area contributed by atoms with Crippen LogP contribution in [0.15, 0.2) is 48.0 Å². The second-order valence-corrected chi connectivity index (χ2v) is 5.84. The van der Waals surface area contributed by atoms with E-state index in [1.807, 2.05) is 0 Å². The number of aliphatic hydroxyl groups excluding tert-OH is 1. The molecule has 1 fully saturated rings. The first kappa shape index (κ1) is 18.3. The summed E-state index contributed by atoms with van der Waals surface area (Å²) in [5.74, 6) is -0.373. The summed E-state index contributed by atoms with van der Waals surface area (Å²) in [6, 6.07) is 10.8. The monoisotopic (exact) mass is 369 g/mol. The predicted octanol–water partition coefficient (Wildman–Crippen LogP) is 2.42. The Balaban J connectivity index is 2.15. The standard InChI is InChI=1S/C20H19NO6/c1-25-12-6-4-5-11(9-12)18(22)16-17(21-20(24)19(16)23)14-8-7-13(26-2)10-15(14)27-3/h4-10,17,22H,1-3H3,(H,21,24)/t17-/m1/s1. The number of Topliss-reactive ketones (excluding diaryl/α,β-unsaturated/α-hetero) is 1. The molecule has 0 saturated carbocycles. The molecule has 0 aromatic heterocycles. The van der Waals surface area contributed by atoms with Gasteiger partial charge < -0.3 is 24.6 Å². The maximum Gasteiger partial charge on any atom is 0.293 e. The molecular formula is C20H19NO6. The number of benzene rings is 2. The Kier molecular flexibility index (Phi) is 5.03. The molecule has 1 heterocycles. The highest BCUT2D eigenvalue weighted by Crippen LogP contribution is 2.38. The number of hydrogen-bond donors (Lipinski definition) is 2. The molecule has 0 radical (unpaired) electrons. The average molecular weight is 369 g/mol. The number of carbonyl (C=O) groups is 2. The van der Waals surface area contributed by atoms with Crippen molar-refractivity contribution < 1.29 is 28.9 Å². The molecule has 0 unspecified atom stereocenters. The summed E-state index contributed by atoms with van der Waals surface area (Å²) in [5.41, 5.74) is 0.852. The highest BCUT2D eigenvalue weighted by molar-refractivity contribution is 6.46. The maximum atomic E-state index is 12.5. The van der Waals surface area contributed by atoms with E-state index in [2.05, 4.69) is 5.32 Å². The summed E-state index contributed by atoms with van der Waals surface area (Å²) in [7, 11) is 4.50. The third kappa shape index (κ3) is 3.31. The molecule has 1 amide bonds. The topological polar surface area (TPSA) is 94.1 Å². The third-order valence-corrected chi connectivity index (χ3v) is 4.36. The molecule has 3 rings (SSSR count). The van der Waals surface area contributed by atoms with Crippen molar-refractivity contribution in [2.45, 2.75) is 6.04 Å². The van der Waals surface area contributed by atoms with E-state index in [4.69, 9.17) is 14.2 Å². The van der Waals surface area contributed by atoms with Gasteiger partial charge >= 0.3 is 0 Å². The largest absolute Gasteiger partial charge is 0.507 e. The molecule has 140 valence electrons. The lowest BCUT2D eigenvalue weighted by Crippen LogP contribution is -2.21. The summed E-state index contributed by atoms with van der Waals surface area (Å²) in [5, 5.41) is 13.4. The molecule has 0 aliphatic carbocycles. The van der Waals surface area contributed by atoms with Crippen LogP contribution < -0.4 is 19.5 Å². The lowest BCUT2D eigenvalue weighted by molar-refractivity contribution is -0.133. The molecule has 1 aliphatic rings. The lowest BCUT2D eigenvalue weighted by Gasteiger charge is -2.17. The number of aliphatic hydroxyl groups is 1.